The molecular weight excluding hydrogens is 350 g/mol. The van der Waals surface area contributed by atoms with Crippen LogP contribution in [0, 0.1) is 0 Å². The highest BCUT2D eigenvalue weighted by atomic mass is 79.9. The first kappa shape index (κ1) is 15.9. The number of hydrogen-bond acceptors (Lipinski definition) is 4. The number of nitrogen functional groups attached to an aromatic ring is 1. The summed E-state index contributed by atoms with van der Waals surface area (Å²) in [5, 5.41) is 0. The number of hydrogen-bond donors (Lipinski definition) is 1. The minimum Gasteiger partial charge on any atom is -0.469 e. The summed E-state index contributed by atoms with van der Waals surface area (Å²) in [4.78, 5) is 13.0. The molecule has 5 heteroatoms. The van der Waals surface area contributed by atoms with Crippen LogP contribution in [-0.2, 0) is 9.53 Å². The maximum Gasteiger partial charge on any atom is 0.313 e. The van der Waals surface area contributed by atoms with Crippen LogP contribution in [0.2, 0.25) is 0 Å². The summed E-state index contributed by atoms with van der Waals surface area (Å²) in [6.07, 6.45) is 0. The van der Waals surface area contributed by atoms with E-state index in [9.17, 15) is 4.79 Å². The van der Waals surface area contributed by atoms with Crippen LogP contribution in [0.3, 0.4) is 0 Å². The van der Waals surface area contributed by atoms with Crippen LogP contribution >= 0.6 is 27.7 Å². The number of halogens is 1. The summed E-state index contributed by atoms with van der Waals surface area (Å²) in [6.45, 7) is 0. The molecule has 0 spiro atoms. The Bertz CT molecular complexity index is 619. The molecule has 1 unspecified atom stereocenters. The second-order valence-electron chi connectivity index (χ2n) is 4.48. The number of anilines is 1. The van der Waals surface area contributed by atoms with E-state index in [4.69, 9.17) is 10.5 Å². The molecule has 3 nitrogen and oxygen atoms in total. The number of carbonyl (C=O) groups is 1. The molecule has 0 saturated heterocycles. The third-order valence-electron chi connectivity index (χ3n) is 3.07. The predicted octanol–water partition coefficient (Wildman–Crippen LogP) is 4.08. The molecule has 2 aromatic rings. The van der Waals surface area contributed by atoms with Gasteiger partial charge in [0, 0.05) is 20.8 Å². The molecule has 21 heavy (non-hydrogen) atoms. The van der Waals surface area contributed by atoms with E-state index in [1.54, 1.807) is 11.8 Å². The van der Waals surface area contributed by atoms with Crippen molar-refractivity contribution in [2.24, 2.45) is 0 Å². The van der Waals surface area contributed by atoms with Crippen molar-refractivity contribution in [2.45, 2.75) is 10.8 Å². The van der Waals surface area contributed by atoms with E-state index in [1.165, 1.54) is 7.11 Å². The normalized spacial score (nSPS) is 11.9. The van der Waals surface area contributed by atoms with Gasteiger partial charge in [0.2, 0.25) is 0 Å². The Morgan fingerprint density at radius 1 is 1.29 bits per heavy atom. The average Bonchev–Trinajstić information content (AvgIpc) is 2.51. The first-order chi connectivity index (χ1) is 10.1. The van der Waals surface area contributed by atoms with Crippen LogP contribution < -0.4 is 5.73 Å². The highest BCUT2D eigenvalue weighted by Gasteiger charge is 2.21. The molecule has 0 aliphatic carbocycles. The van der Waals surface area contributed by atoms with Crippen LogP contribution in [0.15, 0.2) is 57.9 Å². The van der Waals surface area contributed by atoms with Crippen molar-refractivity contribution in [1.29, 1.82) is 0 Å². The molecule has 0 aliphatic rings. The minimum atomic E-state index is -0.306. The highest BCUT2D eigenvalue weighted by Crippen LogP contribution is 2.32. The number of esters is 1. The molecule has 0 bridgehead atoms. The molecule has 110 valence electrons. The molecule has 0 heterocycles. The molecule has 2 rings (SSSR count). The fraction of sp³-hybridized carbons (Fsp3) is 0.188. The van der Waals surface area contributed by atoms with E-state index in [0.29, 0.717) is 11.4 Å². The highest BCUT2D eigenvalue weighted by molar-refractivity contribution is 9.10. The van der Waals surface area contributed by atoms with E-state index < -0.39 is 0 Å². The lowest BCUT2D eigenvalue weighted by Crippen LogP contribution is -2.16. The number of methoxy groups -OCH3 is 1. The van der Waals surface area contributed by atoms with Gasteiger partial charge in [-0.25, -0.2) is 0 Å². The lowest BCUT2D eigenvalue weighted by molar-refractivity contribution is -0.141. The van der Waals surface area contributed by atoms with Crippen LogP contribution in [0.1, 0.15) is 11.5 Å². The van der Waals surface area contributed by atoms with E-state index in [0.717, 1.165) is 14.9 Å². The second-order valence-corrected chi connectivity index (χ2v) is 6.46. The quantitative estimate of drug-likeness (QED) is 0.492. The Morgan fingerprint density at radius 2 is 2.00 bits per heavy atom. The molecule has 0 aliphatic heterocycles. The van der Waals surface area contributed by atoms with Gasteiger partial charge in [-0.15, -0.1) is 11.8 Å². The largest absolute Gasteiger partial charge is 0.469 e. The summed E-state index contributed by atoms with van der Waals surface area (Å²) in [5.41, 5.74) is 7.62. The maximum absolute atomic E-state index is 12.0. The molecule has 0 amide bonds. The lowest BCUT2D eigenvalue weighted by atomic mass is 10.0. The molecule has 0 fully saturated rings. The Labute approximate surface area is 137 Å². The summed E-state index contributed by atoms with van der Waals surface area (Å²) in [7, 11) is 1.41. The van der Waals surface area contributed by atoms with Gasteiger partial charge in [0.1, 0.15) is 0 Å². The van der Waals surface area contributed by atoms with Crippen molar-refractivity contribution in [3.05, 3.63) is 58.6 Å². The van der Waals surface area contributed by atoms with E-state index >= 15 is 0 Å². The summed E-state index contributed by atoms with van der Waals surface area (Å²) in [5.74, 6) is 0.0407. The third kappa shape index (κ3) is 4.25. The smallest absolute Gasteiger partial charge is 0.313 e. The minimum absolute atomic E-state index is 0.234. The standard InChI is InChI=1S/C16H16BrNO2S/c1-20-16(19)13(11-5-3-2-4-6-11)10-21-15-9-12(17)7-8-14(15)18/h2-9,13H,10,18H2,1H3. The number of carbonyl (C=O) groups excluding carboxylic acids is 1. The predicted molar refractivity (Wildman–Crippen MR) is 90.5 cm³/mol. The van der Waals surface area contributed by atoms with Gasteiger partial charge in [-0.3, -0.25) is 4.79 Å². The molecule has 2 aromatic carbocycles. The number of thioether (sulfide) groups is 1. The fourth-order valence-corrected chi connectivity index (χ4v) is 3.57. The number of benzene rings is 2. The Kier molecular flexibility index (Phi) is 5.70. The van der Waals surface area contributed by atoms with Gasteiger partial charge in [-0.2, -0.15) is 0 Å². The SMILES string of the molecule is COC(=O)C(CSc1cc(Br)ccc1N)c1ccccc1. The summed E-state index contributed by atoms with van der Waals surface area (Å²) >= 11 is 4.98. The van der Waals surface area contributed by atoms with Crippen molar-refractivity contribution in [3.63, 3.8) is 0 Å². The number of ether oxygens (including phenoxy) is 1. The van der Waals surface area contributed by atoms with E-state index in [1.807, 2.05) is 48.5 Å². The van der Waals surface area contributed by atoms with E-state index in [-0.39, 0.29) is 11.9 Å². The summed E-state index contributed by atoms with van der Waals surface area (Å²) in [6, 6.07) is 15.3. The summed E-state index contributed by atoms with van der Waals surface area (Å²) < 4.78 is 5.88. The Balaban J connectivity index is 2.16. The van der Waals surface area contributed by atoms with Crippen molar-refractivity contribution in [2.75, 3.05) is 18.6 Å². The van der Waals surface area contributed by atoms with Gasteiger partial charge in [-0.05, 0) is 23.8 Å². The van der Waals surface area contributed by atoms with Gasteiger partial charge in [-0.1, -0.05) is 46.3 Å². The Hall–Kier alpha value is -1.46. The van der Waals surface area contributed by atoms with Crippen molar-refractivity contribution >= 4 is 39.3 Å². The zero-order valence-electron chi connectivity index (χ0n) is 11.6. The van der Waals surface area contributed by atoms with Crippen molar-refractivity contribution < 1.29 is 9.53 Å². The van der Waals surface area contributed by atoms with Crippen LogP contribution in [0.4, 0.5) is 5.69 Å². The second kappa shape index (κ2) is 7.52. The van der Waals surface area contributed by atoms with Gasteiger partial charge >= 0.3 is 5.97 Å². The first-order valence-electron chi connectivity index (χ1n) is 6.42. The van der Waals surface area contributed by atoms with E-state index in [2.05, 4.69) is 15.9 Å². The van der Waals surface area contributed by atoms with Gasteiger partial charge in [0.25, 0.3) is 0 Å². The molecule has 0 radical (unpaired) electrons. The van der Waals surface area contributed by atoms with Gasteiger partial charge in [0.15, 0.2) is 0 Å². The third-order valence-corrected chi connectivity index (χ3v) is 4.73. The first-order valence-corrected chi connectivity index (χ1v) is 8.20. The number of nitrogens with two attached hydrogens (primary N) is 1. The lowest BCUT2D eigenvalue weighted by Gasteiger charge is -2.15. The van der Waals surface area contributed by atoms with Crippen LogP contribution in [0.5, 0.6) is 0 Å². The van der Waals surface area contributed by atoms with Crippen molar-refractivity contribution in [3.8, 4) is 0 Å². The van der Waals surface area contributed by atoms with Crippen LogP contribution in [0.25, 0.3) is 0 Å². The van der Waals surface area contributed by atoms with Gasteiger partial charge < -0.3 is 10.5 Å². The molecule has 0 saturated carbocycles. The fourth-order valence-electron chi connectivity index (χ4n) is 1.93. The number of rotatable bonds is 5. The zero-order valence-corrected chi connectivity index (χ0v) is 14.0. The van der Waals surface area contributed by atoms with Gasteiger partial charge in [0.05, 0.1) is 13.0 Å². The topological polar surface area (TPSA) is 52.3 Å². The Morgan fingerprint density at radius 3 is 2.67 bits per heavy atom. The maximum atomic E-state index is 12.0. The van der Waals surface area contributed by atoms with Crippen LogP contribution in [-0.4, -0.2) is 18.8 Å². The molecule has 0 aromatic heterocycles. The molecule has 1 atom stereocenters. The zero-order chi connectivity index (χ0) is 15.2. The monoisotopic (exact) mass is 365 g/mol. The molecular formula is C16H16BrNO2S. The van der Waals surface area contributed by atoms with Crippen molar-refractivity contribution in [1.82, 2.24) is 0 Å². The average molecular weight is 366 g/mol. The molecule has 2 N–H and O–H groups in total.